The predicted molar refractivity (Wildman–Crippen MR) is 77.5 cm³/mol. The predicted octanol–water partition coefficient (Wildman–Crippen LogP) is 1.74. The van der Waals surface area contributed by atoms with E-state index in [0.717, 1.165) is 6.08 Å². The molecule has 0 unspecified atom stereocenters. The summed E-state index contributed by atoms with van der Waals surface area (Å²) in [6.45, 7) is -0.269. The van der Waals surface area contributed by atoms with E-state index < -0.39 is 17.9 Å². The number of carbonyl (C=O) groups is 4. The third kappa shape index (κ3) is 6.31. The van der Waals surface area contributed by atoms with Crippen LogP contribution < -0.4 is 4.74 Å². The van der Waals surface area contributed by atoms with Crippen LogP contribution in [-0.2, 0) is 19.1 Å². The lowest BCUT2D eigenvalue weighted by Crippen LogP contribution is -2.14. The van der Waals surface area contributed by atoms with E-state index in [1.165, 1.54) is 12.1 Å². The van der Waals surface area contributed by atoms with Crippen molar-refractivity contribution in [1.82, 2.24) is 0 Å². The second kappa shape index (κ2) is 8.73. The molecule has 1 N–H and O–H groups in total. The van der Waals surface area contributed by atoms with Gasteiger partial charge in [0.05, 0.1) is 12.0 Å². The number of hydrogen-bond donors (Lipinski definition) is 1. The van der Waals surface area contributed by atoms with E-state index in [-0.39, 0.29) is 24.3 Å². The average Bonchev–Trinajstić information content (AvgIpc) is 2.47. The lowest BCUT2D eigenvalue weighted by molar-refractivity contribution is -0.142. The topological polar surface area (TPSA) is 107 Å². The van der Waals surface area contributed by atoms with Gasteiger partial charge in [-0.25, -0.2) is 9.59 Å². The number of ether oxygens (including phenoxy) is 2. The van der Waals surface area contributed by atoms with E-state index >= 15 is 0 Å². The number of benzene rings is 1. The fraction of sp³-hybridized carbons (Fsp3) is 0.143. The number of halogens is 1. The molecular weight excluding hydrogens is 360 g/mol. The van der Waals surface area contributed by atoms with E-state index in [9.17, 15) is 19.2 Å². The van der Waals surface area contributed by atoms with Crippen molar-refractivity contribution >= 4 is 40.1 Å². The zero-order valence-electron chi connectivity index (χ0n) is 11.2. The quantitative estimate of drug-likeness (QED) is 0.337. The summed E-state index contributed by atoms with van der Waals surface area (Å²) in [6, 6.07) is 4.55. The molecule has 1 aromatic rings. The van der Waals surface area contributed by atoms with Crippen LogP contribution >= 0.6 is 15.9 Å². The number of aldehydes is 1. The van der Waals surface area contributed by atoms with Gasteiger partial charge in [-0.2, -0.15) is 0 Å². The highest BCUT2D eigenvalue weighted by molar-refractivity contribution is 9.10. The van der Waals surface area contributed by atoms with Crippen LogP contribution in [0.1, 0.15) is 16.8 Å². The second-order valence-corrected chi connectivity index (χ2v) is 4.78. The number of aliphatic carboxylic acids is 1. The van der Waals surface area contributed by atoms with E-state index in [2.05, 4.69) is 20.7 Å². The molecule has 0 fully saturated rings. The smallest absolute Gasteiger partial charge is 0.331 e. The molecule has 0 heterocycles. The number of hydrogen-bond acceptors (Lipinski definition) is 6. The third-order valence-corrected chi connectivity index (χ3v) is 2.73. The SMILES string of the molecule is O=Cc1cc(Br)ccc1OC(=O)CCOC(=O)/C=C/C(=O)O. The number of carbonyl (C=O) groups excluding carboxylic acids is 3. The van der Waals surface area contributed by atoms with Crippen molar-refractivity contribution in [2.75, 3.05) is 6.61 Å². The third-order valence-electron chi connectivity index (χ3n) is 2.24. The van der Waals surface area contributed by atoms with Gasteiger partial charge in [0.25, 0.3) is 0 Å². The Kier molecular flexibility index (Phi) is 6.97. The van der Waals surface area contributed by atoms with Crippen LogP contribution in [0.25, 0.3) is 0 Å². The average molecular weight is 371 g/mol. The van der Waals surface area contributed by atoms with Crippen molar-refractivity contribution in [3.8, 4) is 5.75 Å². The maximum absolute atomic E-state index is 11.6. The Bertz CT molecular complexity index is 622. The summed E-state index contributed by atoms with van der Waals surface area (Å²) in [6.07, 6.45) is 1.66. The van der Waals surface area contributed by atoms with Crippen LogP contribution in [0.3, 0.4) is 0 Å². The van der Waals surface area contributed by atoms with Crippen molar-refractivity contribution < 1.29 is 33.8 Å². The molecule has 8 heteroatoms. The molecule has 0 amide bonds. The molecule has 0 spiro atoms. The number of carboxylic acid groups (broad SMARTS) is 1. The molecule has 0 aliphatic heterocycles. The minimum Gasteiger partial charge on any atom is -0.478 e. The Balaban J connectivity index is 2.46. The maximum Gasteiger partial charge on any atom is 0.331 e. The van der Waals surface area contributed by atoms with Gasteiger partial charge in [-0.05, 0) is 18.2 Å². The summed E-state index contributed by atoms with van der Waals surface area (Å²) in [7, 11) is 0. The van der Waals surface area contributed by atoms with Gasteiger partial charge in [-0.1, -0.05) is 15.9 Å². The Morgan fingerprint density at radius 1 is 1.23 bits per heavy atom. The highest BCUT2D eigenvalue weighted by Crippen LogP contribution is 2.22. The molecule has 0 saturated carbocycles. The zero-order valence-corrected chi connectivity index (χ0v) is 12.7. The zero-order chi connectivity index (χ0) is 16.5. The number of rotatable bonds is 7. The molecule has 22 heavy (non-hydrogen) atoms. The van der Waals surface area contributed by atoms with Crippen LogP contribution in [0.15, 0.2) is 34.8 Å². The molecule has 1 rings (SSSR count). The van der Waals surface area contributed by atoms with Gasteiger partial charge < -0.3 is 14.6 Å². The molecule has 0 aliphatic rings. The summed E-state index contributed by atoms with van der Waals surface area (Å²) in [5.41, 5.74) is 0.198. The maximum atomic E-state index is 11.6. The van der Waals surface area contributed by atoms with Crippen molar-refractivity contribution in [3.63, 3.8) is 0 Å². The molecule has 116 valence electrons. The molecule has 0 aromatic heterocycles. The molecule has 0 atom stereocenters. The first kappa shape index (κ1) is 17.6. The van der Waals surface area contributed by atoms with E-state index in [4.69, 9.17) is 9.84 Å². The first-order valence-corrected chi connectivity index (χ1v) is 6.75. The highest BCUT2D eigenvalue weighted by atomic mass is 79.9. The first-order chi connectivity index (χ1) is 10.4. The van der Waals surface area contributed by atoms with Crippen LogP contribution in [0, 0.1) is 0 Å². The van der Waals surface area contributed by atoms with Crippen molar-refractivity contribution in [1.29, 1.82) is 0 Å². The molecule has 0 aliphatic carbocycles. The lowest BCUT2D eigenvalue weighted by atomic mass is 10.2. The molecule has 0 bridgehead atoms. The Labute approximate surface area is 133 Å². The fourth-order valence-corrected chi connectivity index (χ4v) is 1.68. The minimum absolute atomic E-state index is 0.0975. The van der Waals surface area contributed by atoms with Gasteiger partial charge in [0.15, 0.2) is 6.29 Å². The highest BCUT2D eigenvalue weighted by Gasteiger charge is 2.10. The molecule has 0 radical (unpaired) electrons. The van der Waals surface area contributed by atoms with Gasteiger partial charge in [-0.15, -0.1) is 0 Å². The summed E-state index contributed by atoms with van der Waals surface area (Å²) in [5.74, 6) is -2.76. The summed E-state index contributed by atoms with van der Waals surface area (Å²) in [5, 5.41) is 8.31. The lowest BCUT2D eigenvalue weighted by Gasteiger charge is -2.07. The molecule has 0 saturated heterocycles. The van der Waals surface area contributed by atoms with E-state index in [1.807, 2.05) is 0 Å². The molecule has 7 nitrogen and oxygen atoms in total. The summed E-state index contributed by atoms with van der Waals surface area (Å²) < 4.78 is 10.2. The van der Waals surface area contributed by atoms with Crippen LogP contribution in [0.2, 0.25) is 0 Å². The van der Waals surface area contributed by atoms with Gasteiger partial charge in [-0.3, -0.25) is 9.59 Å². The molecular formula is C14H11BrO7. The number of carboxylic acids is 1. The Morgan fingerprint density at radius 2 is 1.95 bits per heavy atom. The Morgan fingerprint density at radius 3 is 2.59 bits per heavy atom. The Hall–Kier alpha value is -2.48. The van der Waals surface area contributed by atoms with Crippen molar-refractivity contribution in [3.05, 3.63) is 40.4 Å². The van der Waals surface area contributed by atoms with Crippen LogP contribution in [0.5, 0.6) is 5.75 Å². The van der Waals surface area contributed by atoms with E-state index in [0.29, 0.717) is 16.8 Å². The van der Waals surface area contributed by atoms with Gasteiger partial charge >= 0.3 is 17.9 Å². The minimum atomic E-state index is -1.28. The van der Waals surface area contributed by atoms with Gasteiger partial charge in [0, 0.05) is 16.6 Å². The van der Waals surface area contributed by atoms with Gasteiger partial charge in [0.1, 0.15) is 12.4 Å². The monoisotopic (exact) mass is 370 g/mol. The standard InChI is InChI=1S/C14H11BrO7/c15-10-1-2-11(9(7-10)8-16)22-14(20)5-6-21-13(19)4-3-12(17)18/h1-4,7-8H,5-6H2,(H,17,18)/b4-3+. The van der Waals surface area contributed by atoms with Crippen molar-refractivity contribution in [2.24, 2.45) is 0 Å². The van der Waals surface area contributed by atoms with Gasteiger partial charge in [0.2, 0.25) is 0 Å². The van der Waals surface area contributed by atoms with Crippen molar-refractivity contribution in [2.45, 2.75) is 6.42 Å². The second-order valence-electron chi connectivity index (χ2n) is 3.86. The van der Waals surface area contributed by atoms with Crippen LogP contribution in [-0.4, -0.2) is 35.9 Å². The largest absolute Gasteiger partial charge is 0.478 e. The fourth-order valence-electron chi connectivity index (χ4n) is 1.30. The number of esters is 2. The van der Waals surface area contributed by atoms with E-state index in [1.54, 1.807) is 6.07 Å². The van der Waals surface area contributed by atoms with Crippen LogP contribution in [0.4, 0.5) is 0 Å². The summed E-state index contributed by atoms with van der Waals surface area (Å²) in [4.78, 5) is 43.6. The first-order valence-electron chi connectivity index (χ1n) is 5.95. The normalized spacial score (nSPS) is 10.2. The molecule has 1 aromatic carbocycles. The summed E-state index contributed by atoms with van der Waals surface area (Å²) >= 11 is 3.18.